The van der Waals surface area contributed by atoms with Crippen molar-refractivity contribution in [1.29, 1.82) is 0 Å². The summed E-state index contributed by atoms with van der Waals surface area (Å²) in [4.78, 5) is 8.70. The zero-order valence-corrected chi connectivity index (χ0v) is 14.7. The van der Waals surface area contributed by atoms with Crippen LogP contribution in [0.15, 0.2) is 66.1 Å². The van der Waals surface area contributed by atoms with Crippen molar-refractivity contribution >= 4 is 21.1 Å². The highest BCUT2D eigenvalue weighted by Crippen LogP contribution is 2.30. The molecule has 7 nitrogen and oxygen atoms in total. The maximum Gasteiger partial charge on any atom is 0.238 e. The molecule has 0 radical (unpaired) electrons. The summed E-state index contributed by atoms with van der Waals surface area (Å²) in [5.41, 5.74) is 4.49. The average Bonchev–Trinajstić information content (AvgIpc) is 3.06. The van der Waals surface area contributed by atoms with Gasteiger partial charge < -0.3 is 0 Å². The zero-order chi connectivity index (χ0) is 18.3. The number of benzene rings is 1. The first-order valence-corrected chi connectivity index (χ1v) is 9.37. The smallest absolute Gasteiger partial charge is 0.238 e. The van der Waals surface area contributed by atoms with Gasteiger partial charge in [0.15, 0.2) is 5.65 Å². The molecule has 8 heteroatoms. The predicted octanol–water partition coefficient (Wildman–Crippen LogP) is 2.44. The number of hydrogen-bond donors (Lipinski definition) is 1. The quantitative estimate of drug-likeness (QED) is 0.600. The van der Waals surface area contributed by atoms with Crippen LogP contribution in [0.5, 0.6) is 0 Å². The Morgan fingerprint density at radius 2 is 1.73 bits per heavy atom. The second-order valence-electron chi connectivity index (χ2n) is 5.88. The summed E-state index contributed by atoms with van der Waals surface area (Å²) in [6.07, 6.45) is 7.05. The van der Waals surface area contributed by atoms with Gasteiger partial charge in [-0.3, -0.25) is 4.98 Å². The van der Waals surface area contributed by atoms with Gasteiger partial charge in [0.05, 0.1) is 16.8 Å². The molecule has 0 unspecified atom stereocenters. The Hall–Kier alpha value is -3.10. The third-order valence-corrected chi connectivity index (χ3v) is 5.14. The van der Waals surface area contributed by atoms with E-state index in [9.17, 15) is 8.42 Å². The van der Waals surface area contributed by atoms with Crippen LogP contribution in [0.4, 0.5) is 0 Å². The molecule has 0 amide bonds. The summed E-state index contributed by atoms with van der Waals surface area (Å²) in [6.45, 7) is 2.03. The fraction of sp³-hybridized carbons (Fsp3) is 0.0556. The number of nitrogens with two attached hydrogens (primary N) is 1. The number of hydrogen-bond acceptors (Lipinski definition) is 5. The van der Waals surface area contributed by atoms with Crippen LogP contribution in [0.3, 0.4) is 0 Å². The molecule has 130 valence electrons. The van der Waals surface area contributed by atoms with Crippen molar-refractivity contribution in [2.24, 2.45) is 5.14 Å². The first-order valence-electron chi connectivity index (χ1n) is 7.82. The molecule has 0 aliphatic heterocycles. The maximum atomic E-state index is 11.4. The lowest BCUT2D eigenvalue weighted by molar-refractivity contribution is 0.598. The van der Waals surface area contributed by atoms with E-state index >= 15 is 0 Å². The summed E-state index contributed by atoms with van der Waals surface area (Å²) in [6, 6.07) is 10.1. The van der Waals surface area contributed by atoms with Gasteiger partial charge in [-0.1, -0.05) is 0 Å². The number of pyridine rings is 2. The molecule has 0 aliphatic rings. The van der Waals surface area contributed by atoms with E-state index in [0.29, 0.717) is 11.3 Å². The molecule has 1 aromatic carbocycles. The van der Waals surface area contributed by atoms with Gasteiger partial charge in [-0.05, 0) is 54.4 Å². The van der Waals surface area contributed by atoms with Crippen molar-refractivity contribution in [3.8, 4) is 16.8 Å². The number of nitrogens with zero attached hydrogens (tertiary/aromatic N) is 4. The minimum Gasteiger partial charge on any atom is -0.264 e. The number of sulfonamides is 1. The van der Waals surface area contributed by atoms with E-state index in [1.54, 1.807) is 35.4 Å². The summed E-state index contributed by atoms with van der Waals surface area (Å²) in [5, 5.41) is 10.5. The fourth-order valence-electron chi connectivity index (χ4n) is 2.88. The molecular weight excluding hydrogens is 350 g/mol. The molecule has 3 aromatic heterocycles. The van der Waals surface area contributed by atoms with Crippen LogP contribution in [0, 0.1) is 6.92 Å². The summed E-state index contributed by atoms with van der Waals surface area (Å²) in [7, 11) is -3.73. The summed E-state index contributed by atoms with van der Waals surface area (Å²) in [5.74, 6) is 0. The third-order valence-electron chi connectivity index (χ3n) is 4.21. The van der Waals surface area contributed by atoms with Crippen LogP contribution >= 0.6 is 0 Å². The van der Waals surface area contributed by atoms with Gasteiger partial charge in [0.25, 0.3) is 0 Å². The Morgan fingerprint density at radius 1 is 0.962 bits per heavy atom. The lowest BCUT2D eigenvalue weighted by Gasteiger charge is -2.07. The number of rotatable bonds is 3. The van der Waals surface area contributed by atoms with E-state index in [1.807, 2.05) is 25.3 Å². The second-order valence-corrected chi connectivity index (χ2v) is 7.44. The molecular formula is C18H15N5O2S. The predicted molar refractivity (Wildman–Crippen MR) is 98.2 cm³/mol. The molecule has 26 heavy (non-hydrogen) atoms. The Bertz CT molecular complexity index is 1210. The van der Waals surface area contributed by atoms with E-state index in [4.69, 9.17) is 5.14 Å². The monoisotopic (exact) mass is 365 g/mol. The molecule has 0 aliphatic carbocycles. The Kier molecular flexibility index (Phi) is 3.78. The van der Waals surface area contributed by atoms with E-state index in [2.05, 4.69) is 15.1 Å². The summed E-state index contributed by atoms with van der Waals surface area (Å²) >= 11 is 0. The van der Waals surface area contributed by atoms with Gasteiger partial charge in [0.2, 0.25) is 10.0 Å². The molecule has 4 rings (SSSR count). The van der Waals surface area contributed by atoms with E-state index in [-0.39, 0.29) is 4.90 Å². The largest absolute Gasteiger partial charge is 0.264 e. The lowest BCUT2D eigenvalue weighted by atomic mass is 10.0. The molecule has 0 atom stereocenters. The maximum absolute atomic E-state index is 11.4. The minimum atomic E-state index is -3.73. The Labute approximate surface area is 150 Å². The van der Waals surface area contributed by atoms with Crippen LogP contribution < -0.4 is 5.14 Å². The van der Waals surface area contributed by atoms with Crippen molar-refractivity contribution in [1.82, 2.24) is 19.7 Å². The Morgan fingerprint density at radius 3 is 2.42 bits per heavy atom. The van der Waals surface area contributed by atoms with Crippen LogP contribution in [0.1, 0.15) is 5.56 Å². The summed E-state index contributed by atoms with van der Waals surface area (Å²) < 4.78 is 24.5. The van der Waals surface area contributed by atoms with Crippen LogP contribution in [-0.4, -0.2) is 28.2 Å². The molecule has 2 N–H and O–H groups in total. The molecule has 0 saturated heterocycles. The van der Waals surface area contributed by atoms with Gasteiger partial charge in [0.1, 0.15) is 0 Å². The first-order chi connectivity index (χ1) is 12.4. The highest BCUT2D eigenvalue weighted by molar-refractivity contribution is 7.89. The molecule has 0 bridgehead atoms. The van der Waals surface area contributed by atoms with Crippen molar-refractivity contribution in [2.75, 3.05) is 0 Å². The van der Waals surface area contributed by atoms with Crippen LogP contribution in [0.25, 0.3) is 27.8 Å². The van der Waals surface area contributed by atoms with Crippen molar-refractivity contribution < 1.29 is 8.42 Å². The molecule has 0 saturated carbocycles. The SMILES string of the molecule is Cc1ccncc1-c1ccnc2c1cnn2-c1ccc(S(N)(=O)=O)cc1. The van der Waals surface area contributed by atoms with Crippen LogP contribution in [-0.2, 0) is 10.0 Å². The van der Waals surface area contributed by atoms with E-state index < -0.39 is 10.0 Å². The fourth-order valence-corrected chi connectivity index (χ4v) is 3.39. The first kappa shape index (κ1) is 16.4. The molecule has 0 fully saturated rings. The average molecular weight is 365 g/mol. The van der Waals surface area contributed by atoms with Gasteiger partial charge >= 0.3 is 0 Å². The van der Waals surface area contributed by atoms with Gasteiger partial charge in [-0.15, -0.1) is 0 Å². The van der Waals surface area contributed by atoms with Crippen molar-refractivity contribution in [2.45, 2.75) is 11.8 Å². The topological polar surface area (TPSA) is 104 Å². The number of aromatic nitrogens is 4. The van der Waals surface area contributed by atoms with Gasteiger partial charge in [-0.25, -0.2) is 23.2 Å². The standard InChI is InChI=1S/C18H15N5O2S/c1-12-6-8-20-10-16(12)15-7-9-21-18-17(15)11-22-23(18)13-2-4-14(5-3-13)26(19,24)25/h2-11H,1H3,(H2,19,24,25). The van der Waals surface area contributed by atoms with Crippen LogP contribution in [0.2, 0.25) is 0 Å². The van der Waals surface area contributed by atoms with Gasteiger partial charge in [0, 0.05) is 29.5 Å². The van der Waals surface area contributed by atoms with E-state index in [0.717, 1.165) is 22.1 Å². The Balaban J connectivity index is 1.87. The number of primary sulfonamides is 1. The number of aryl methyl sites for hydroxylation is 1. The van der Waals surface area contributed by atoms with Crippen molar-refractivity contribution in [3.05, 3.63) is 66.7 Å². The molecule has 4 aromatic rings. The van der Waals surface area contributed by atoms with Gasteiger partial charge in [-0.2, -0.15) is 5.10 Å². The zero-order valence-electron chi connectivity index (χ0n) is 13.9. The number of fused-ring (bicyclic) bond motifs is 1. The highest BCUT2D eigenvalue weighted by atomic mass is 32.2. The lowest BCUT2D eigenvalue weighted by Crippen LogP contribution is -2.12. The normalized spacial score (nSPS) is 11.8. The molecule has 3 heterocycles. The molecule has 0 spiro atoms. The highest BCUT2D eigenvalue weighted by Gasteiger charge is 2.13. The second kappa shape index (κ2) is 6.01. The van der Waals surface area contributed by atoms with Crippen molar-refractivity contribution in [3.63, 3.8) is 0 Å². The minimum absolute atomic E-state index is 0.0531. The third kappa shape index (κ3) is 2.75. The van der Waals surface area contributed by atoms with E-state index in [1.165, 1.54) is 12.1 Å².